The average Bonchev–Trinajstić information content (AvgIpc) is 3.02. The predicted molar refractivity (Wildman–Crippen MR) is 103 cm³/mol. The standard InChI is InChI=1S/C19H24N4OS/c1-19(2,3)13-20-17-10-6-7-14(21-17)11-12-25(24)18-22-15-8-4-5-9-16(15)23-18/h4-10H,11-13H2,1-3H3,(H,20,21)(H,22,23). The first kappa shape index (κ1) is 17.6. The Labute approximate surface area is 150 Å². The smallest absolute Gasteiger partial charge is 0.197 e. The fraction of sp³-hybridized carbons (Fsp3) is 0.368. The number of nitrogens with zero attached hydrogens (tertiary/aromatic N) is 2. The summed E-state index contributed by atoms with van der Waals surface area (Å²) in [5.74, 6) is 1.36. The summed E-state index contributed by atoms with van der Waals surface area (Å²) >= 11 is 0. The number of nitrogens with one attached hydrogen (secondary N) is 2. The summed E-state index contributed by atoms with van der Waals surface area (Å²) in [5.41, 5.74) is 2.89. The lowest BCUT2D eigenvalue weighted by molar-refractivity contribution is 0.442. The minimum atomic E-state index is -1.17. The number of aromatic amines is 1. The van der Waals surface area contributed by atoms with Crippen molar-refractivity contribution in [2.45, 2.75) is 32.3 Å². The number of aryl methyl sites for hydroxylation is 1. The molecule has 1 unspecified atom stereocenters. The zero-order valence-electron chi connectivity index (χ0n) is 14.9. The van der Waals surface area contributed by atoms with Crippen LogP contribution in [0.4, 0.5) is 5.82 Å². The van der Waals surface area contributed by atoms with Crippen molar-refractivity contribution in [2.75, 3.05) is 17.6 Å². The molecule has 0 aliphatic rings. The molecule has 0 aliphatic heterocycles. The zero-order chi connectivity index (χ0) is 17.9. The van der Waals surface area contributed by atoms with Gasteiger partial charge in [-0.15, -0.1) is 0 Å². The van der Waals surface area contributed by atoms with Gasteiger partial charge in [-0.25, -0.2) is 9.97 Å². The third kappa shape index (κ3) is 4.89. The summed E-state index contributed by atoms with van der Waals surface area (Å²) in [5, 5.41) is 3.89. The summed E-state index contributed by atoms with van der Waals surface area (Å²) in [4.78, 5) is 12.2. The highest BCUT2D eigenvalue weighted by Gasteiger charge is 2.12. The van der Waals surface area contributed by atoms with E-state index in [0.717, 1.165) is 29.1 Å². The molecule has 0 saturated heterocycles. The Bertz CT molecular complexity index is 849. The van der Waals surface area contributed by atoms with Crippen LogP contribution >= 0.6 is 0 Å². The van der Waals surface area contributed by atoms with Crippen molar-refractivity contribution in [3.63, 3.8) is 0 Å². The van der Waals surface area contributed by atoms with Crippen LogP contribution < -0.4 is 5.32 Å². The largest absolute Gasteiger partial charge is 0.370 e. The fourth-order valence-electron chi connectivity index (χ4n) is 2.40. The minimum Gasteiger partial charge on any atom is -0.370 e. The van der Waals surface area contributed by atoms with E-state index >= 15 is 0 Å². The summed E-state index contributed by atoms with van der Waals surface area (Å²) in [6, 6.07) is 13.6. The van der Waals surface area contributed by atoms with Crippen molar-refractivity contribution in [3.05, 3.63) is 48.2 Å². The van der Waals surface area contributed by atoms with Gasteiger partial charge in [-0.1, -0.05) is 39.0 Å². The third-order valence-corrected chi connectivity index (χ3v) is 4.93. The molecule has 0 fully saturated rings. The molecule has 0 aliphatic carbocycles. The molecule has 2 N–H and O–H groups in total. The van der Waals surface area contributed by atoms with Gasteiger partial charge in [0.05, 0.1) is 21.8 Å². The quantitative estimate of drug-likeness (QED) is 0.705. The molecule has 5 nitrogen and oxygen atoms in total. The molecule has 0 spiro atoms. The van der Waals surface area contributed by atoms with E-state index in [9.17, 15) is 4.21 Å². The number of rotatable bonds is 6. The van der Waals surface area contributed by atoms with Gasteiger partial charge in [0.25, 0.3) is 0 Å². The van der Waals surface area contributed by atoms with Crippen LogP contribution in [0.1, 0.15) is 26.5 Å². The van der Waals surface area contributed by atoms with Crippen molar-refractivity contribution in [2.24, 2.45) is 5.41 Å². The number of H-pyrrole nitrogens is 1. The van der Waals surface area contributed by atoms with Gasteiger partial charge in [-0.3, -0.25) is 4.21 Å². The van der Waals surface area contributed by atoms with Crippen LogP contribution in [-0.4, -0.2) is 31.5 Å². The van der Waals surface area contributed by atoms with Crippen LogP contribution in [0.25, 0.3) is 11.0 Å². The second-order valence-corrected chi connectivity index (χ2v) is 8.77. The maximum atomic E-state index is 12.5. The zero-order valence-corrected chi connectivity index (χ0v) is 15.7. The molecule has 0 bridgehead atoms. The number of benzene rings is 1. The van der Waals surface area contributed by atoms with Crippen LogP contribution in [0.5, 0.6) is 0 Å². The lowest BCUT2D eigenvalue weighted by Gasteiger charge is -2.19. The number of imidazole rings is 1. The van der Waals surface area contributed by atoms with Gasteiger partial charge >= 0.3 is 0 Å². The third-order valence-electron chi connectivity index (χ3n) is 3.73. The van der Waals surface area contributed by atoms with Crippen LogP contribution in [0, 0.1) is 5.41 Å². The number of hydrogen-bond donors (Lipinski definition) is 2. The first-order chi connectivity index (χ1) is 11.9. The van der Waals surface area contributed by atoms with Crippen molar-refractivity contribution in [3.8, 4) is 0 Å². The van der Waals surface area contributed by atoms with Crippen molar-refractivity contribution >= 4 is 27.7 Å². The van der Waals surface area contributed by atoms with Gasteiger partial charge in [-0.05, 0) is 29.7 Å². The molecule has 1 atom stereocenters. The van der Waals surface area contributed by atoms with Gasteiger partial charge in [0.15, 0.2) is 5.16 Å². The number of aromatic nitrogens is 3. The van der Waals surface area contributed by atoms with E-state index in [1.807, 2.05) is 42.5 Å². The number of para-hydroxylation sites is 2. The summed E-state index contributed by atoms with van der Waals surface area (Å²) in [6.07, 6.45) is 0.648. The summed E-state index contributed by atoms with van der Waals surface area (Å²) in [6.45, 7) is 7.40. The first-order valence-electron chi connectivity index (χ1n) is 8.44. The Morgan fingerprint density at radius 3 is 2.64 bits per heavy atom. The van der Waals surface area contributed by atoms with Crippen LogP contribution in [0.3, 0.4) is 0 Å². The Kier molecular flexibility index (Phi) is 5.18. The molecule has 1 aromatic carbocycles. The van der Waals surface area contributed by atoms with Crippen molar-refractivity contribution in [1.82, 2.24) is 15.0 Å². The molecule has 0 radical (unpaired) electrons. The van der Waals surface area contributed by atoms with Gasteiger partial charge < -0.3 is 10.3 Å². The second kappa shape index (κ2) is 7.35. The van der Waals surface area contributed by atoms with E-state index in [0.29, 0.717) is 17.3 Å². The Morgan fingerprint density at radius 1 is 1.08 bits per heavy atom. The first-order valence-corrected chi connectivity index (χ1v) is 9.75. The van der Waals surface area contributed by atoms with Crippen molar-refractivity contribution in [1.29, 1.82) is 0 Å². The molecule has 3 aromatic rings. The Balaban J connectivity index is 1.62. The van der Waals surface area contributed by atoms with E-state index in [1.54, 1.807) is 0 Å². The summed E-state index contributed by atoms with van der Waals surface area (Å²) < 4.78 is 12.5. The molecule has 3 rings (SSSR count). The highest BCUT2D eigenvalue weighted by molar-refractivity contribution is 7.84. The van der Waals surface area contributed by atoms with Crippen LogP contribution in [-0.2, 0) is 17.2 Å². The highest BCUT2D eigenvalue weighted by Crippen LogP contribution is 2.16. The van der Waals surface area contributed by atoms with Gasteiger partial charge in [0.1, 0.15) is 5.82 Å². The molecular weight excluding hydrogens is 332 g/mol. The van der Waals surface area contributed by atoms with Crippen LogP contribution in [0.2, 0.25) is 0 Å². The maximum absolute atomic E-state index is 12.5. The maximum Gasteiger partial charge on any atom is 0.197 e. The monoisotopic (exact) mass is 356 g/mol. The molecule has 6 heteroatoms. The molecule has 0 amide bonds. The van der Waals surface area contributed by atoms with Gasteiger partial charge in [0.2, 0.25) is 0 Å². The number of fused-ring (bicyclic) bond motifs is 1. The Hall–Kier alpha value is -2.21. The lowest BCUT2D eigenvalue weighted by Crippen LogP contribution is -2.19. The second-order valence-electron chi connectivity index (χ2n) is 7.29. The lowest BCUT2D eigenvalue weighted by atomic mass is 9.97. The molecule has 0 saturated carbocycles. The van der Waals surface area contributed by atoms with E-state index < -0.39 is 10.8 Å². The highest BCUT2D eigenvalue weighted by atomic mass is 32.2. The fourth-order valence-corrected chi connectivity index (χ4v) is 3.42. The van der Waals surface area contributed by atoms with Gasteiger partial charge in [-0.2, -0.15) is 0 Å². The SMILES string of the molecule is CC(C)(C)CNc1cccc(CCS(=O)c2nc3ccccc3[nH]2)n1. The number of hydrogen-bond acceptors (Lipinski definition) is 4. The van der Waals surface area contributed by atoms with E-state index in [4.69, 9.17) is 0 Å². The number of pyridine rings is 1. The van der Waals surface area contributed by atoms with E-state index in [2.05, 4.69) is 41.0 Å². The average molecular weight is 356 g/mol. The normalized spacial score (nSPS) is 13.1. The van der Waals surface area contributed by atoms with E-state index in [-0.39, 0.29) is 5.41 Å². The summed E-state index contributed by atoms with van der Waals surface area (Å²) in [7, 11) is -1.17. The molecule has 2 heterocycles. The molecule has 132 valence electrons. The predicted octanol–water partition coefficient (Wildman–Crippen LogP) is 3.77. The minimum absolute atomic E-state index is 0.195. The van der Waals surface area contributed by atoms with Gasteiger partial charge in [0, 0.05) is 24.4 Å². The molecule has 2 aromatic heterocycles. The molecule has 25 heavy (non-hydrogen) atoms. The van der Waals surface area contributed by atoms with Crippen LogP contribution in [0.15, 0.2) is 47.6 Å². The topological polar surface area (TPSA) is 70.7 Å². The molecular formula is C19H24N4OS. The Morgan fingerprint density at radius 2 is 1.88 bits per heavy atom. The van der Waals surface area contributed by atoms with E-state index in [1.165, 1.54) is 0 Å². The number of anilines is 1. The van der Waals surface area contributed by atoms with Crippen molar-refractivity contribution < 1.29 is 4.21 Å².